The smallest absolute Gasteiger partial charge is 0.230 e. The largest absolute Gasteiger partial charge is 0.396 e. The number of thioether (sulfide) groups is 1. The molecule has 20 heavy (non-hydrogen) atoms. The zero-order valence-corrected chi connectivity index (χ0v) is 13.3. The summed E-state index contributed by atoms with van der Waals surface area (Å²) in [7, 11) is 0. The zero-order chi connectivity index (χ0) is 15.0. The molecular weight excluding hydrogens is 276 g/mol. The molecule has 0 spiro atoms. The van der Waals surface area contributed by atoms with Gasteiger partial charge in [-0.1, -0.05) is 18.5 Å². The molecule has 0 radical (unpaired) electrons. The van der Waals surface area contributed by atoms with Gasteiger partial charge in [-0.3, -0.25) is 4.79 Å². The number of hydrogen-bond donors (Lipinski definition) is 2. The highest BCUT2D eigenvalue weighted by atomic mass is 32.2. The average molecular weight is 300 g/mol. The van der Waals surface area contributed by atoms with Gasteiger partial charge < -0.3 is 14.9 Å². The first-order chi connectivity index (χ1) is 9.58. The summed E-state index contributed by atoms with van der Waals surface area (Å²) in [4.78, 5) is 11.7. The molecule has 0 saturated carbocycles. The Morgan fingerprint density at radius 2 is 2.25 bits per heavy atom. The maximum absolute atomic E-state index is 11.7. The van der Waals surface area contributed by atoms with Gasteiger partial charge in [-0.2, -0.15) is 0 Å². The van der Waals surface area contributed by atoms with Crippen molar-refractivity contribution in [3.8, 4) is 0 Å². The number of nitrogens with one attached hydrogen (secondary N) is 1. The fourth-order valence-electron chi connectivity index (χ4n) is 1.90. The first kappa shape index (κ1) is 17.0. The molecule has 0 aliphatic rings. The van der Waals surface area contributed by atoms with E-state index >= 15 is 0 Å². The van der Waals surface area contributed by atoms with E-state index in [2.05, 4.69) is 17.4 Å². The lowest BCUT2D eigenvalue weighted by atomic mass is 10.0. The third-order valence-electron chi connectivity index (χ3n) is 3.36. The van der Waals surface area contributed by atoms with Gasteiger partial charge in [0, 0.05) is 24.5 Å². The van der Waals surface area contributed by atoms with E-state index < -0.39 is 0 Å². The number of rotatable bonds is 9. The van der Waals surface area contributed by atoms with Crippen LogP contribution >= 0.6 is 11.8 Å². The molecule has 114 valence electrons. The number of aliphatic hydroxyl groups is 1. The van der Waals surface area contributed by atoms with Crippen LogP contribution in [0.2, 0.25) is 0 Å². The van der Waals surface area contributed by atoms with Gasteiger partial charge in [-0.15, -0.1) is 11.8 Å². The van der Waals surface area contributed by atoms with Gasteiger partial charge in [0.05, 0.1) is 11.4 Å². The van der Waals surface area contributed by atoms with Gasteiger partial charge in [-0.25, -0.2) is 0 Å². The summed E-state index contributed by atoms with van der Waals surface area (Å²) in [5.74, 6) is 2.39. The second kappa shape index (κ2) is 9.02. The third kappa shape index (κ3) is 5.54. The van der Waals surface area contributed by atoms with Crippen molar-refractivity contribution in [2.45, 2.75) is 39.4 Å². The van der Waals surface area contributed by atoms with Crippen molar-refractivity contribution in [1.29, 1.82) is 0 Å². The summed E-state index contributed by atoms with van der Waals surface area (Å²) in [6, 6.07) is 0. The second-order valence-electron chi connectivity index (χ2n) is 4.89. The number of carbonyl (C=O) groups excluding carboxylic acids is 1. The summed E-state index contributed by atoms with van der Waals surface area (Å²) in [5.41, 5.74) is 1.97. The molecule has 1 unspecified atom stereocenters. The molecule has 1 atom stereocenters. The number of nitrogens with zero attached hydrogens (tertiary/aromatic N) is 1. The van der Waals surface area contributed by atoms with E-state index in [1.807, 2.05) is 13.8 Å². The number of hydrogen-bond acceptors (Lipinski definition) is 5. The van der Waals surface area contributed by atoms with Crippen LogP contribution in [0.4, 0.5) is 0 Å². The van der Waals surface area contributed by atoms with Crippen molar-refractivity contribution < 1.29 is 14.4 Å². The molecular formula is C14H24N2O3S. The lowest BCUT2D eigenvalue weighted by Gasteiger charge is -2.14. The van der Waals surface area contributed by atoms with Crippen molar-refractivity contribution in [2.75, 3.05) is 18.9 Å². The van der Waals surface area contributed by atoms with Gasteiger partial charge >= 0.3 is 0 Å². The Labute approximate surface area is 124 Å². The molecule has 5 nitrogen and oxygen atoms in total. The van der Waals surface area contributed by atoms with Crippen molar-refractivity contribution in [1.82, 2.24) is 10.5 Å². The van der Waals surface area contributed by atoms with Crippen LogP contribution in [0.1, 0.15) is 36.8 Å². The molecule has 0 saturated heterocycles. The standard InChI is InChI=1S/C14H24N2O3S/c1-4-12(5-6-17)7-15-14(18)9-20-8-13-10(2)16-19-11(13)3/h12,17H,4-9H2,1-3H3,(H,15,18). The van der Waals surface area contributed by atoms with Gasteiger partial charge in [0.15, 0.2) is 0 Å². The SMILES string of the molecule is CCC(CCO)CNC(=O)CSCc1c(C)noc1C. The molecule has 0 fully saturated rings. The van der Waals surface area contributed by atoms with Gasteiger partial charge in [0.2, 0.25) is 5.91 Å². The average Bonchev–Trinajstić information content (AvgIpc) is 2.75. The molecule has 0 bridgehead atoms. The minimum Gasteiger partial charge on any atom is -0.396 e. The normalized spacial score (nSPS) is 12.4. The molecule has 0 aromatic carbocycles. The highest BCUT2D eigenvalue weighted by Gasteiger charge is 2.11. The molecule has 6 heteroatoms. The third-order valence-corrected chi connectivity index (χ3v) is 4.32. The van der Waals surface area contributed by atoms with E-state index in [0.717, 1.165) is 35.6 Å². The molecule has 0 aliphatic carbocycles. The highest BCUT2D eigenvalue weighted by Crippen LogP contribution is 2.19. The van der Waals surface area contributed by atoms with E-state index in [0.29, 0.717) is 18.2 Å². The summed E-state index contributed by atoms with van der Waals surface area (Å²) in [6.45, 7) is 6.68. The lowest BCUT2D eigenvalue weighted by Crippen LogP contribution is -2.30. The van der Waals surface area contributed by atoms with Crippen molar-refractivity contribution >= 4 is 17.7 Å². The Morgan fingerprint density at radius 1 is 1.50 bits per heavy atom. The molecule has 1 aromatic rings. The van der Waals surface area contributed by atoms with E-state index in [1.54, 1.807) is 11.8 Å². The minimum absolute atomic E-state index is 0.0400. The van der Waals surface area contributed by atoms with Crippen molar-refractivity contribution in [2.24, 2.45) is 5.92 Å². The topological polar surface area (TPSA) is 75.4 Å². The fraction of sp³-hybridized carbons (Fsp3) is 0.714. The number of carbonyl (C=O) groups is 1. The summed E-state index contributed by atoms with van der Waals surface area (Å²) < 4.78 is 5.09. The van der Waals surface area contributed by atoms with Gasteiger partial charge in [0.25, 0.3) is 0 Å². The maximum Gasteiger partial charge on any atom is 0.230 e. The van der Waals surface area contributed by atoms with Crippen LogP contribution in [0.3, 0.4) is 0 Å². The van der Waals surface area contributed by atoms with E-state index in [-0.39, 0.29) is 12.5 Å². The van der Waals surface area contributed by atoms with Crippen LogP contribution in [-0.2, 0) is 10.5 Å². The minimum atomic E-state index is 0.0400. The Kier molecular flexibility index (Phi) is 7.69. The van der Waals surface area contributed by atoms with E-state index in [4.69, 9.17) is 9.63 Å². The van der Waals surface area contributed by atoms with Crippen LogP contribution in [0, 0.1) is 19.8 Å². The molecule has 1 amide bonds. The fourth-order valence-corrected chi connectivity index (χ4v) is 2.90. The van der Waals surface area contributed by atoms with Gasteiger partial charge in [-0.05, 0) is 26.2 Å². The first-order valence-electron chi connectivity index (χ1n) is 6.95. The summed E-state index contributed by atoms with van der Waals surface area (Å²) in [5, 5.41) is 15.7. The number of amides is 1. The molecule has 1 heterocycles. The summed E-state index contributed by atoms with van der Waals surface area (Å²) >= 11 is 1.56. The number of aryl methyl sites for hydroxylation is 2. The monoisotopic (exact) mass is 300 g/mol. The quantitative estimate of drug-likeness (QED) is 0.730. The van der Waals surface area contributed by atoms with Crippen LogP contribution in [-0.4, -0.2) is 35.1 Å². The number of aliphatic hydroxyl groups excluding tert-OH is 1. The molecule has 0 aliphatic heterocycles. The summed E-state index contributed by atoms with van der Waals surface area (Å²) in [6.07, 6.45) is 1.70. The van der Waals surface area contributed by atoms with Gasteiger partial charge in [0.1, 0.15) is 5.76 Å². The first-order valence-corrected chi connectivity index (χ1v) is 8.11. The predicted octanol–water partition coefficient (Wildman–Crippen LogP) is 2.05. The Bertz CT molecular complexity index is 401. The molecule has 1 rings (SSSR count). The van der Waals surface area contributed by atoms with Crippen molar-refractivity contribution in [3.63, 3.8) is 0 Å². The van der Waals surface area contributed by atoms with Crippen LogP contribution in [0.25, 0.3) is 0 Å². The van der Waals surface area contributed by atoms with Crippen LogP contribution < -0.4 is 5.32 Å². The second-order valence-corrected chi connectivity index (χ2v) is 5.87. The molecule has 2 N–H and O–H groups in total. The lowest BCUT2D eigenvalue weighted by molar-refractivity contribution is -0.118. The molecule has 1 aromatic heterocycles. The van der Waals surface area contributed by atoms with Crippen LogP contribution in [0.5, 0.6) is 0 Å². The Hall–Kier alpha value is -1.01. The van der Waals surface area contributed by atoms with E-state index in [9.17, 15) is 4.79 Å². The van der Waals surface area contributed by atoms with Crippen molar-refractivity contribution in [3.05, 3.63) is 17.0 Å². The highest BCUT2D eigenvalue weighted by molar-refractivity contribution is 7.99. The maximum atomic E-state index is 11.7. The van der Waals surface area contributed by atoms with E-state index in [1.165, 1.54) is 0 Å². The Morgan fingerprint density at radius 3 is 2.80 bits per heavy atom. The Balaban J connectivity index is 2.23. The number of aromatic nitrogens is 1. The van der Waals surface area contributed by atoms with Crippen LogP contribution in [0.15, 0.2) is 4.52 Å². The predicted molar refractivity (Wildman–Crippen MR) is 80.6 cm³/mol. The zero-order valence-electron chi connectivity index (χ0n) is 12.4.